The minimum atomic E-state index is -0.499. The Hall–Kier alpha value is -2.05. The van der Waals surface area contributed by atoms with Gasteiger partial charge in [0.1, 0.15) is 11.8 Å². The average Bonchev–Trinajstić information content (AvgIpc) is 2.79. The van der Waals surface area contributed by atoms with Gasteiger partial charge in [-0.15, -0.1) is 0 Å². The largest absolute Gasteiger partial charge is 0.479 e. The van der Waals surface area contributed by atoms with E-state index in [0.717, 1.165) is 5.56 Å². The third-order valence-electron chi connectivity index (χ3n) is 2.68. The fourth-order valence-electron chi connectivity index (χ4n) is 1.76. The molecule has 17 heavy (non-hydrogen) atoms. The van der Waals surface area contributed by atoms with Crippen molar-refractivity contribution in [3.05, 3.63) is 11.3 Å². The number of amides is 3. The SMILES string of the molecule is COc1noc(C)c1CCC1NC(=O)NC1=O. The molecule has 0 aliphatic carbocycles. The number of carbonyl (C=O) groups is 2. The zero-order chi connectivity index (χ0) is 12.4. The summed E-state index contributed by atoms with van der Waals surface area (Å²) in [5, 5.41) is 8.44. The molecule has 0 aromatic carbocycles. The Bertz CT molecular complexity index is 454. The number of rotatable bonds is 4. The van der Waals surface area contributed by atoms with Crippen molar-refractivity contribution in [2.24, 2.45) is 0 Å². The summed E-state index contributed by atoms with van der Waals surface area (Å²) in [5.74, 6) is 0.780. The van der Waals surface area contributed by atoms with E-state index in [4.69, 9.17) is 9.26 Å². The van der Waals surface area contributed by atoms with E-state index in [1.54, 1.807) is 6.92 Å². The Morgan fingerprint density at radius 2 is 2.24 bits per heavy atom. The first kappa shape index (κ1) is 11.4. The lowest BCUT2D eigenvalue weighted by Gasteiger charge is -2.06. The molecule has 0 radical (unpaired) electrons. The highest BCUT2D eigenvalue weighted by atomic mass is 16.5. The molecular weight excluding hydrogens is 226 g/mol. The van der Waals surface area contributed by atoms with Gasteiger partial charge in [0.15, 0.2) is 0 Å². The predicted molar refractivity (Wildman–Crippen MR) is 56.6 cm³/mol. The first-order valence-electron chi connectivity index (χ1n) is 5.22. The normalized spacial score (nSPS) is 19.1. The van der Waals surface area contributed by atoms with Crippen LogP contribution in [0.25, 0.3) is 0 Å². The minimum absolute atomic E-state index is 0.303. The maximum atomic E-state index is 11.3. The Morgan fingerprint density at radius 3 is 2.82 bits per heavy atom. The van der Waals surface area contributed by atoms with E-state index in [0.29, 0.717) is 24.5 Å². The molecule has 3 amide bonds. The fourth-order valence-corrected chi connectivity index (χ4v) is 1.76. The molecule has 1 saturated heterocycles. The summed E-state index contributed by atoms with van der Waals surface area (Å²) in [6, 6.07) is -0.949. The number of hydrogen-bond donors (Lipinski definition) is 2. The van der Waals surface area contributed by atoms with E-state index >= 15 is 0 Å². The van der Waals surface area contributed by atoms with Crippen molar-refractivity contribution >= 4 is 11.9 Å². The van der Waals surface area contributed by atoms with Gasteiger partial charge in [0.25, 0.3) is 11.8 Å². The molecule has 7 nitrogen and oxygen atoms in total. The van der Waals surface area contributed by atoms with E-state index < -0.39 is 12.1 Å². The average molecular weight is 239 g/mol. The van der Waals surface area contributed by atoms with Crippen molar-refractivity contribution in [3.63, 3.8) is 0 Å². The minimum Gasteiger partial charge on any atom is -0.479 e. The van der Waals surface area contributed by atoms with Gasteiger partial charge in [-0.2, -0.15) is 0 Å². The summed E-state index contributed by atoms with van der Waals surface area (Å²) in [6.07, 6.45) is 1.03. The third-order valence-corrected chi connectivity index (χ3v) is 2.68. The first-order chi connectivity index (χ1) is 8.11. The van der Waals surface area contributed by atoms with E-state index in [1.165, 1.54) is 7.11 Å². The zero-order valence-electron chi connectivity index (χ0n) is 9.57. The zero-order valence-corrected chi connectivity index (χ0v) is 9.57. The summed E-state index contributed by atoms with van der Waals surface area (Å²) in [7, 11) is 1.50. The van der Waals surface area contributed by atoms with Crippen molar-refractivity contribution in [2.45, 2.75) is 25.8 Å². The topological polar surface area (TPSA) is 93.5 Å². The number of urea groups is 1. The summed E-state index contributed by atoms with van der Waals surface area (Å²) >= 11 is 0. The number of nitrogens with one attached hydrogen (secondary N) is 2. The molecule has 1 aliphatic rings. The molecule has 1 atom stereocenters. The van der Waals surface area contributed by atoms with Crippen molar-refractivity contribution in [1.82, 2.24) is 15.8 Å². The Morgan fingerprint density at radius 1 is 1.47 bits per heavy atom. The van der Waals surface area contributed by atoms with Crippen LogP contribution in [0.2, 0.25) is 0 Å². The van der Waals surface area contributed by atoms with Gasteiger partial charge in [-0.05, 0) is 24.9 Å². The summed E-state index contributed by atoms with van der Waals surface area (Å²) < 4.78 is 10.0. The van der Waals surface area contributed by atoms with E-state index in [1.807, 2.05) is 0 Å². The number of carbonyl (C=O) groups excluding carboxylic acids is 2. The van der Waals surface area contributed by atoms with Crippen LogP contribution in [0, 0.1) is 6.92 Å². The predicted octanol–water partition coefficient (Wildman–Crippen LogP) is 0.132. The van der Waals surface area contributed by atoms with E-state index in [-0.39, 0.29) is 5.91 Å². The molecule has 1 aliphatic heterocycles. The molecule has 1 aromatic heterocycles. The van der Waals surface area contributed by atoms with Crippen LogP contribution >= 0.6 is 0 Å². The molecule has 2 N–H and O–H groups in total. The Kier molecular flexibility index (Phi) is 2.99. The monoisotopic (exact) mass is 239 g/mol. The lowest BCUT2D eigenvalue weighted by Crippen LogP contribution is -2.29. The summed E-state index contributed by atoms with van der Waals surface area (Å²) in [4.78, 5) is 22.2. The second kappa shape index (κ2) is 4.44. The van der Waals surface area contributed by atoms with Gasteiger partial charge in [-0.3, -0.25) is 10.1 Å². The molecule has 1 aromatic rings. The molecule has 7 heteroatoms. The maximum Gasteiger partial charge on any atom is 0.322 e. The van der Waals surface area contributed by atoms with Crippen molar-refractivity contribution in [3.8, 4) is 5.88 Å². The number of aryl methyl sites for hydroxylation is 1. The van der Waals surface area contributed by atoms with Gasteiger partial charge in [0.2, 0.25) is 0 Å². The number of imide groups is 1. The summed E-state index contributed by atoms with van der Waals surface area (Å²) in [6.45, 7) is 1.78. The highest BCUT2D eigenvalue weighted by Gasteiger charge is 2.29. The standard InChI is InChI=1S/C10H13N3O4/c1-5-6(9(16-2)13-17-5)3-4-7-8(14)12-10(15)11-7/h7H,3-4H2,1-2H3,(H2,11,12,14,15). The van der Waals surface area contributed by atoms with Crippen LogP contribution in [0.5, 0.6) is 5.88 Å². The van der Waals surface area contributed by atoms with Gasteiger partial charge in [0.05, 0.1) is 12.7 Å². The smallest absolute Gasteiger partial charge is 0.322 e. The Labute approximate surface area is 97.5 Å². The van der Waals surface area contributed by atoms with Gasteiger partial charge < -0.3 is 14.6 Å². The van der Waals surface area contributed by atoms with Crippen LogP contribution in [0.3, 0.4) is 0 Å². The molecule has 0 saturated carbocycles. The van der Waals surface area contributed by atoms with Crippen LogP contribution in [0.4, 0.5) is 4.79 Å². The fraction of sp³-hybridized carbons (Fsp3) is 0.500. The van der Waals surface area contributed by atoms with Gasteiger partial charge in [-0.1, -0.05) is 0 Å². The molecule has 1 fully saturated rings. The summed E-state index contributed by atoms with van der Waals surface area (Å²) in [5.41, 5.74) is 0.821. The molecule has 2 heterocycles. The molecule has 92 valence electrons. The quantitative estimate of drug-likeness (QED) is 0.728. The van der Waals surface area contributed by atoms with Gasteiger partial charge >= 0.3 is 6.03 Å². The highest BCUT2D eigenvalue weighted by Crippen LogP contribution is 2.22. The van der Waals surface area contributed by atoms with E-state index in [2.05, 4.69) is 15.8 Å². The second-order valence-corrected chi connectivity index (χ2v) is 3.78. The molecule has 1 unspecified atom stereocenters. The van der Waals surface area contributed by atoms with Crippen molar-refractivity contribution in [2.75, 3.05) is 7.11 Å². The van der Waals surface area contributed by atoms with Gasteiger partial charge in [-0.25, -0.2) is 4.79 Å². The Balaban J connectivity index is 2.00. The molecule has 0 spiro atoms. The van der Waals surface area contributed by atoms with Crippen molar-refractivity contribution in [1.29, 1.82) is 0 Å². The lowest BCUT2D eigenvalue weighted by atomic mass is 10.1. The van der Waals surface area contributed by atoms with Crippen LogP contribution in [0.1, 0.15) is 17.7 Å². The van der Waals surface area contributed by atoms with Crippen LogP contribution in [-0.4, -0.2) is 30.2 Å². The number of aromatic nitrogens is 1. The van der Waals surface area contributed by atoms with Crippen molar-refractivity contribution < 1.29 is 18.8 Å². The molecule has 2 rings (SSSR count). The molecule has 0 bridgehead atoms. The second-order valence-electron chi connectivity index (χ2n) is 3.78. The van der Waals surface area contributed by atoms with E-state index in [9.17, 15) is 9.59 Å². The van der Waals surface area contributed by atoms with Crippen LogP contribution in [-0.2, 0) is 11.2 Å². The molecular formula is C10H13N3O4. The third kappa shape index (κ3) is 2.22. The van der Waals surface area contributed by atoms with Gasteiger partial charge in [0, 0.05) is 0 Å². The number of ether oxygens (including phenoxy) is 1. The first-order valence-corrected chi connectivity index (χ1v) is 5.22. The van der Waals surface area contributed by atoms with Crippen LogP contribution < -0.4 is 15.4 Å². The lowest BCUT2D eigenvalue weighted by molar-refractivity contribution is -0.120. The van der Waals surface area contributed by atoms with Crippen LogP contribution in [0.15, 0.2) is 4.52 Å². The maximum absolute atomic E-state index is 11.3. The highest BCUT2D eigenvalue weighted by molar-refractivity contribution is 6.04. The number of hydrogen-bond acceptors (Lipinski definition) is 5. The number of methoxy groups -OCH3 is 1. The number of nitrogens with zero attached hydrogens (tertiary/aromatic N) is 1.